The number of nitrogens with zero attached hydrogens (tertiary/aromatic N) is 1. The second-order valence-electron chi connectivity index (χ2n) is 13.9. The summed E-state index contributed by atoms with van der Waals surface area (Å²) in [7, 11) is 0. The minimum Gasteiger partial charge on any atom is -0.457 e. The maximum Gasteiger partial charge on any atom is 0.132 e. The molecule has 0 amide bonds. The van der Waals surface area contributed by atoms with E-state index in [1.165, 1.54) is 60.1 Å². The Hall–Kier alpha value is -6.95. The van der Waals surface area contributed by atoms with Crippen LogP contribution in [0.15, 0.2) is 176 Å². The highest BCUT2D eigenvalue weighted by atomic mass is 16.5. The van der Waals surface area contributed by atoms with Crippen LogP contribution in [-0.4, -0.2) is 0 Å². The monoisotopic (exact) mass is 659 g/mol. The van der Waals surface area contributed by atoms with Crippen molar-refractivity contribution in [2.24, 2.45) is 0 Å². The number of nitriles is 1. The molecule has 0 bridgehead atoms. The molecule has 2 heteroatoms. The van der Waals surface area contributed by atoms with Gasteiger partial charge in [-0.25, -0.2) is 0 Å². The normalized spacial score (nSPS) is 13.3. The van der Waals surface area contributed by atoms with E-state index in [9.17, 15) is 5.26 Å². The lowest BCUT2D eigenvalue weighted by Crippen LogP contribution is -2.32. The molecule has 9 aromatic carbocycles. The highest BCUT2D eigenvalue weighted by Gasteiger charge is 2.51. The first kappa shape index (κ1) is 28.8. The second kappa shape index (κ2) is 10.8. The van der Waals surface area contributed by atoms with Crippen molar-refractivity contribution >= 4 is 32.3 Å². The van der Waals surface area contributed by atoms with Gasteiger partial charge in [-0.05, 0) is 113 Å². The van der Waals surface area contributed by atoms with Crippen LogP contribution in [0.2, 0.25) is 0 Å². The van der Waals surface area contributed by atoms with Crippen molar-refractivity contribution in [3.05, 3.63) is 204 Å². The summed E-state index contributed by atoms with van der Waals surface area (Å²) in [6.07, 6.45) is 0. The topological polar surface area (TPSA) is 33.0 Å². The Morgan fingerprint density at radius 3 is 1.50 bits per heavy atom. The van der Waals surface area contributed by atoms with Crippen LogP contribution in [0.3, 0.4) is 0 Å². The van der Waals surface area contributed by atoms with E-state index >= 15 is 0 Å². The van der Waals surface area contributed by atoms with E-state index < -0.39 is 5.41 Å². The summed E-state index contributed by atoms with van der Waals surface area (Å²) in [5.74, 6) is 1.67. The average Bonchev–Trinajstić information content (AvgIpc) is 3.48. The Kier molecular flexibility index (Phi) is 5.98. The minimum atomic E-state index is -0.671. The number of para-hydroxylation sites is 2. The Bertz CT molecular complexity index is 2920. The van der Waals surface area contributed by atoms with Gasteiger partial charge in [0.2, 0.25) is 0 Å². The summed E-state index contributed by atoms with van der Waals surface area (Å²) >= 11 is 0. The second-order valence-corrected chi connectivity index (χ2v) is 13.9. The lowest BCUT2D eigenvalue weighted by molar-refractivity contribution is 0.436. The van der Waals surface area contributed by atoms with Crippen molar-refractivity contribution in [3.8, 4) is 50.9 Å². The van der Waals surface area contributed by atoms with Gasteiger partial charge in [0.25, 0.3) is 0 Å². The van der Waals surface area contributed by atoms with E-state index in [1.54, 1.807) is 0 Å². The van der Waals surface area contributed by atoms with E-state index in [1.807, 2.05) is 18.2 Å². The molecule has 0 saturated carbocycles. The fourth-order valence-corrected chi connectivity index (χ4v) is 9.22. The Morgan fingerprint density at radius 2 is 0.885 bits per heavy atom. The van der Waals surface area contributed by atoms with Crippen molar-refractivity contribution in [2.75, 3.05) is 0 Å². The summed E-state index contributed by atoms with van der Waals surface area (Å²) in [5, 5.41) is 17.5. The van der Waals surface area contributed by atoms with Gasteiger partial charge >= 0.3 is 0 Å². The van der Waals surface area contributed by atoms with Crippen molar-refractivity contribution in [1.29, 1.82) is 5.26 Å². The third-order valence-corrected chi connectivity index (χ3v) is 11.3. The summed E-state index contributed by atoms with van der Waals surface area (Å²) in [6, 6.07) is 65.5. The van der Waals surface area contributed by atoms with Crippen LogP contribution < -0.4 is 4.74 Å². The number of benzene rings is 9. The molecule has 1 heterocycles. The summed E-state index contributed by atoms with van der Waals surface area (Å²) in [5.41, 5.74) is 11.6. The Labute approximate surface area is 301 Å². The van der Waals surface area contributed by atoms with E-state index in [0.29, 0.717) is 5.56 Å². The van der Waals surface area contributed by atoms with Crippen LogP contribution in [-0.2, 0) is 5.41 Å². The van der Waals surface area contributed by atoms with Gasteiger partial charge < -0.3 is 4.74 Å². The van der Waals surface area contributed by atoms with Crippen molar-refractivity contribution < 1.29 is 4.74 Å². The molecule has 1 spiro atoms. The van der Waals surface area contributed by atoms with Gasteiger partial charge in [0.15, 0.2) is 0 Å². The first-order chi connectivity index (χ1) is 25.7. The SMILES string of the molecule is N#Cc1ccc2c(c1)C1(c3ccccc3Oc3ccccc31)c1cc(-c3c4ccccc4c(-c4ccc5ccccc5c4)c4ccccc34)ccc1-2. The standard InChI is InChI=1S/C50H29NO/c51-30-31-21-25-36-37-26-24-35(29-45(37)50(44(36)27-31)42-17-7-9-19-46(42)52-47-20-10-8-18-43(47)50)49-40-15-5-3-13-38(40)48(39-14-4-6-16-41(39)49)34-23-22-32-11-1-2-12-33(32)28-34/h1-29H. The van der Waals surface area contributed by atoms with Crippen LogP contribution in [0, 0.1) is 11.3 Å². The maximum absolute atomic E-state index is 10.1. The quantitative estimate of drug-likeness (QED) is 0.173. The summed E-state index contributed by atoms with van der Waals surface area (Å²) in [6.45, 7) is 0. The van der Waals surface area contributed by atoms with E-state index in [4.69, 9.17) is 4.74 Å². The minimum absolute atomic E-state index is 0.647. The number of rotatable bonds is 2. The van der Waals surface area contributed by atoms with Crippen LogP contribution >= 0.6 is 0 Å². The smallest absolute Gasteiger partial charge is 0.132 e. The highest BCUT2D eigenvalue weighted by Crippen LogP contribution is 2.62. The van der Waals surface area contributed by atoms with Gasteiger partial charge in [0.1, 0.15) is 11.5 Å². The Morgan fingerprint density at radius 1 is 0.404 bits per heavy atom. The van der Waals surface area contributed by atoms with Crippen LogP contribution in [0.1, 0.15) is 27.8 Å². The number of hydrogen-bond acceptors (Lipinski definition) is 2. The molecule has 11 rings (SSSR count). The molecule has 1 aliphatic carbocycles. The molecular weight excluding hydrogens is 631 g/mol. The number of ether oxygens (including phenoxy) is 1. The molecule has 2 nitrogen and oxygen atoms in total. The van der Waals surface area contributed by atoms with Gasteiger partial charge in [-0.15, -0.1) is 0 Å². The van der Waals surface area contributed by atoms with E-state index in [2.05, 4.69) is 164 Å². The lowest BCUT2D eigenvalue weighted by atomic mass is 9.65. The highest BCUT2D eigenvalue weighted by molar-refractivity contribution is 6.22. The molecule has 9 aromatic rings. The molecule has 52 heavy (non-hydrogen) atoms. The summed E-state index contributed by atoms with van der Waals surface area (Å²) in [4.78, 5) is 0. The zero-order chi connectivity index (χ0) is 34.4. The largest absolute Gasteiger partial charge is 0.457 e. The molecular formula is C50H29NO. The summed E-state index contributed by atoms with van der Waals surface area (Å²) < 4.78 is 6.60. The zero-order valence-corrected chi connectivity index (χ0v) is 28.1. The van der Waals surface area contributed by atoms with E-state index in [0.717, 1.165) is 39.3 Å². The zero-order valence-electron chi connectivity index (χ0n) is 28.1. The predicted molar refractivity (Wildman–Crippen MR) is 212 cm³/mol. The molecule has 2 aliphatic rings. The third kappa shape index (κ3) is 3.83. The van der Waals surface area contributed by atoms with Crippen LogP contribution in [0.4, 0.5) is 0 Å². The predicted octanol–water partition coefficient (Wildman–Crippen LogP) is 12.8. The number of fused-ring (bicyclic) bond motifs is 12. The first-order valence-corrected chi connectivity index (χ1v) is 17.7. The molecule has 0 aromatic heterocycles. The Balaban J connectivity index is 1.24. The fraction of sp³-hybridized carbons (Fsp3) is 0.0200. The van der Waals surface area contributed by atoms with Gasteiger partial charge in [-0.1, -0.05) is 140 Å². The average molecular weight is 660 g/mol. The van der Waals surface area contributed by atoms with Crippen LogP contribution in [0.25, 0.3) is 65.7 Å². The molecule has 0 N–H and O–H groups in total. The van der Waals surface area contributed by atoms with E-state index in [-0.39, 0.29) is 0 Å². The fourth-order valence-electron chi connectivity index (χ4n) is 9.22. The van der Waals surface area contributed by atoms with Gasteiger partial charge in [0.05, 0.1) is 17.0 Å². The lowest BCUT2D eigenvalue weighted by Gasteiger charge is -2.39. The van der Waals surface area contributed by atoms with Crippen molar-refractivity contribution in [1.82, 2.24) is 0 Å². The molecule has 0 radical (unpaired) electrons. The van der Waals surface area contributed by atoms with Crippen molar-refractivity contribution in [3.63, 3.8) is 0 Å². The van der Waals surface area contributed by atoms with Crippen LogP contribution in [0.5, 0.6) is 11.5 Å². The number of hydrogen-bond donors (Lipinski definition) is 0. The van der Waals surface area contributed by atoms with Gasteiger partial charge in [0, 0.05) is 11.1 Å². The van der Waals surface area contributed by atoms with Gasteiger partial charge in [-0.3, -0.25) is 0 Å². The molecule has 0 fully saturated rings. The van der Waals surface area contributed by atoms with Gasteiger partial charge in [-0.2, -0.15) is 5.26 Å². The third-order valence-electron chi connectivity index (χ3n) is 11.3. The molecule has 0 unspecified atom stereocenters. The first-order valence-electron chi connectivity index (χ1n) is 17.7. The maximum atomic E-state index is 10.1. The molecule has 1 aliphatic heterocycles. The molecule has 0 saturated heterocycles. The molecule has 0 atom stereocenters. The van der Waals surface area contributed by atoms with Crippen molar-refractivity contribution in [2.45, 2.75) is 5.41 Å². The molecule has 240 valence electrons.